The third-order valence-corrected chi connectivity index (χ3v) is 3.21. The quantitative estimate of drug-likeness (QED) is 0.530. The van der Waals surface area contributed by atoms with Gasteiger partial charge in [-0.05, 0) is 29.9 Å². The van der Waals surface area contributed by atoms with Crippen LogP contribution in [-0.4, -0.2) is 10.5 Å². The van der Waals surface area contributed by atoms with Crippen LogP contribution in [0.15, 0.2) is 54.6 Å². The summed E-state index contributed by atoms with van der Waals surface area (Å²) in [5.41, 5.74) is 4.17. The molecule has 0 aliphatic rings. The van der Waals surface area contributed by atoms with Crippen molar-refractivity contribution in [2.45, 2.75) is 46.5 Å². The molecule has 2 N–H and O–H groups in total. The summed E-state index contributed by atoms with van der Waals surface area (Å²) in [5.74, 6) is 1.31. The Hall–Kier alpha value is -1.64. The Balaban J connectivity index is 0.000000342. The molecule has 0 aliphatic carbocycles. The standard InChI is InChI=1S/C10H14.C9H12.H2O2/c1-8(2)10-6-4-9(3)5-7-10;1-8(2)9-6-4-3-5-7-9;1-2/h4-8H,1-3H3;3-8H,1-2H3;1-2H. The van der Waals surface area contributed by atoms with E-state index in [2.05, 4.69) is 83.1 Å². The van der Waals surface area contributed by atoms with Gasteiger partial charge in [-0.3, -0.25) is 10.5 Å². The van der Waals surface area contributed by atoms with Crippen LogP contribution < -0.4 is 0 Å². The summed E-state index contributed by atoms with van der Waals surface area (Å²) in [5, 5.41) is 12.0. The lowest BCUT2D eigenvalue weighted by molar-refractivity contribution is -0.176. The van der Waals surface area contributed by atoms with Gasteiger partial charge in [-0.2, -0.15) is 0 Å². The second kappa shape index (κ2) is 11.1. The van der Waals surface area contributed by atoms with E-state index < -0.39 is 0 Å². The average Bonchev–Trinajstić information content (AvgIpc) is 2.51. The van der Waals surface area contributed by atoms with Crippen molar-refractivity contribution in [3.8, 4) is 0 Å². The van der Waals surface area contributed by atoms with Crippen LogP contribution in [0.5, 0.6) is 0 Å². The summed E-state index contributed by atoms with van der Waals surface area (Å²) in [6.45, 7) is 10.9. The molecule has 0 bridgehead atoms. The highest BCUT2D eigenvalue weighted by Gasteiger charge is 1.95. The third kappa shape index (κ3) is 8.28. The summed E-state index contributed by atoms with van der Waals surface area (Å²) >= 11 is 0. The first-order chi connectivity index (χ1) is 10.0. The summed E-state index contributed by atoms with van der Waals surface area (Å²) in [6.07, 6.45) is 0. The van der Waals surface area contributed by atoms with E-state index in [1.165, 1.54) is 16.7 Å². The van der Waals surface area contributed by atoms with Crippen molar-refractivity contribution in [2.75, 3.05) is 0 Å². The molecular formula is C19H28O2. The van der Waals surface area contributed by atoms with Gasteiger partial charge in [0, 0.05) is 0 Å². The minimum absolute atomic E-state index is 0.653. The molecule has 0 saturated heterocycles. The molecule has 0 radical (unpaired) electrons. The molecule has 0 unspecified atom stereocenters. The van der Waals surface area contributed by atoms with E-state index in [9.17, 15) is 0 Å². The third-order valence-electron chi connectivity index (χ3n) is 3.21. The number of aryl methyl sites for hydroxylation is 1. The molecule has 2 aromatic rings. The van der Waals surface area contributed by atoms with Crippen molar-refractivity contribution < 1.29 is 10.5 Å². The van der Waals surface area contributed by atoms with Crippen LogP contribution >= 0.6 is 0 Å². The lowest BCUT2D eigenvalue weighted by Gasteiger charge is -2.03. The van der Waals surface area contributed by atoms with Crippen LogP contribution in [0.2, 0.25) is 0 Å². The molecule has 2 heteroatoms. The molecule has 0 saturated carbocycles. The number of hydrogen-bond acceptors (Lipinski definition) is 2. The highest BCUT2D eigenvalue weighted by atomic mass is 17.0. The lowest BCUT2D eigenvalue weighted by Crippen LogP contribution is -1.85. The summed E-state index contributed by atoms with van der Waals surface area (Å²) in [4.78, 5) is 0. The van der Waals surface area contributed by atoms with Gasteiger partial charge >= 0.3 is 0 Å². The zero-order chi connectivity index (χ0) is 16.3. The molecule has 116 valence electrons. The minimum atomic E-state index is 0.653. The van der Waals surface area contributed by atoms with E-state index >= 15 is 0 Å². The summed E-state index contributed by atoms with van der Waals surface area (Å²) in [7, 11) is 0. The molecule has 0 aliphatic heterocycles. The van der Waals surface area contributed by atoms with E-state index in [1.807, 2.05) is 6.07 Å². The fraction of sp³-hybridized carbons (Fsp3) is 0.368. The van der Waals surface area contributed by atoms with E-state index in [0.717, 1.165) is 0 Å². The zero-order valence-electron chi connectivity index (χ0n) is 13.7. The van der Waals surface area contributed by atoms with Crippen molar-refractivity contribution in [1.82, 2.24) is 0 Å². The van der Waals surface area contributed by atoms with Crippen LogP contribution in [-0.2, 0) is 0 Å². The van der Waals surface area contributed by atoms with Gasteiger partial charge in [0.25, 0.3) is 0 Å². The lowest BCUT2D eigenvalue weighted by atomic mass is 10.0. The molecule has 0 heterocycles. The van der Waals surface area contributed by atoms with Gasteiger partial charge in [0.15, 0.2) is 0 Å². The molecular weight excluding hydrogens is 260 g/mol. The van der Waals surface area contributed by atoms with Crippen molar-refractivity contribution in [1.29, 1.82) is 0 Å². The Kier molecular flexibility index (Phi) is 10.2. The number of rotatable bonds is 2. The summed E-state index contributed by atoms with van der Waals surface area (Å²) in [6, 6.07) is 19.2. The second-order valence-electron chi connectivity index (χ2n) is 5.63. The smallest absolute Gasteiger partial charge is 0.0219 e. The first-order valence-corrected chi connectivity index (χ1v) is 7.32. The highest BCUT2D eigenvalue weighted by Crippen LogP contribution is 2.13. The van der Waals surface area contributed by atoms with Crippen molar-refractivity contribution in [3.63, 3.8) is 0 Å². The van der Waals surface area contributed by atoms with Gasteiger partial charge in [0.2, 0.25) is 0 Å². The molecule has 0 aromatic heterocycles. The minimum Gasteiger partial charge on any atom is -0.255 e. The maximum absolute atomic E-state index is 6.00. The van der Waals surface area contributed by atoms with Crippen LogP contribution in [0.4, 0.5) is 0 Å². The predicted molar refractivity (Wildman–Crippen MR) is 91.1 cm³/mol. The van der Waals surface area contributed by atoms with Crippen molar-refractivity contribution in [3.05, 3.63) is 71.3 Å². The van der Waals surface area contributed by atoms with Crippen LogP contribution in [0.1, 0.15) is 56.2 Å². The fourth-order valence-electron chi connectivity index (χ4n) is 1.79. The fourth-order valence-corrected chi connectivity index (χ4v) is 1.79. The Morgan fingerprint density at radius 3 is 1.33 bits per heavy atom. The van der Waals surface area contributed by atoms with Gasteiger partial charge in [-0.15, -0.1) is 0 Å². The molecule has 0 atom stereocenters. The van der Waals surface area contributed by atoms with Gasteiger partial charge in [0.1, 0.15) is 0 Å². The van der Waals surface area contributed by atoms with Gasteiger partial charge in [0.05, 0.1) is 0 Å². The van der Waals surface area contributed by atoms with Crippen LogP contribution in [0, 0.1) is 6.92 Å². The highest BCUT2D eigenvalue weighted by molar-refractivity contribution is 5.23. The molecule has 21 heavy (non-hydrogen) atoms. The van der Waals surface area contributed by atoms with Crippen molar-refractivity contribution in [2.24, 2.45) is 0 Å². The molecule has 0 amide bonds. The normalized spacial score (nSPS) is 9.57. The number of benzene rings is 2. The molecule has 2 nitrogen and oxygen atoms in total. The second-order valence-corrected chi connectivity index (χ2v) is 5.63. The first-order valence-electron chi connectivity index (χ1n) is 7.32. The van der Waals surface area contributed by atoms with Crippen LogP contribution in [0.3, 0.4) is 0 Å². The SMILES string of the molecule is CC(C)c1ccccc1.Cc1ccc(C(C)C)cc1.OO. The van der Waals surface area contributed by atoms with E-state index in [4.69, 9.17) is 10.5 Å². The Morgan fingerprint density at radius 2 is 1.00 bits per heavy atom. The first kappa shape index (κ1) is 19.4. The Morgan fingerprint density at radius 1 is 0.619 bits per heavy atom. The van der Waals surface area contributed by atoms with E-state index in [0.29, 0.717) is 11.8 Å². The van der Waals surface area contributed by atoms with Gasteiger partial charge in [-0.25, -0.2) is 0 Å². The van der Waals surface area contributed by atoms with E-state index in [-0.39, 0.29) is 0 Å². The Bertz CT molecular complexity index is 459. The Labute approximate surface area is 129 Å². The van der Waals surface area contributed by atoms with Crippen LogP contribution in [0.25, 0.3) is 0 Å². The molecule has 0 fully saturated rings. The predicted octanol–water partition coefficient (Wildman–Crippen LogP) is 5.95. The van der Waals surface area contributed by atoms with Gasteiger partial charge < -0.3 is 0 Å². The molecule has 2 aromatic carbocycles. The molecule has 0 spiro atoms. The molecule has 2 rings (SSSR count). The van der Waals surface area contributed by atoms with Gasteiger partial charge in [-0.1, -0.05) is 87.9 Å². The van der Waals surface area contributed by atoms with Crippen molar-refractivity contribution >= 4 is 0 Å². The number of hydrogen-bond donors (Lipinski definition) is 2. The largest absolute Gasteiger partial charge is 0.255 e. The monoisotopic (exact) mass is 288 g/mol. The van der Waals surface area contributed by atoms with E-state index in [1.54, 1.807) is 0 Å². The maximum Gasteiger partial charge on any atom is -0.0219 e. The summed E-state index contributed by atoms with van der Waals surface area (Å²) < 4.78 is 0. The topological polar surface area (TPSA) is 40.5 Å². The maximum atomic E-state index is 6.00. The zero-order valence-corrected chi connectivity index (χ0v) is 13.7. The average molecular weight is 288 g/mol.